The van der Waals surface area contributed by atoms with Crippen LogP contribution in [0, 0.1) is 0 Å². The minimum atomic E-state index is -0.953. The van der Waals surface area contributed by atoms with Gasteiger partial charge < -0.3 is 15.1 Å². The first-order valence-corrected chi connectivity index (χ1v) is 12.6. The summed E-state index contributed by atoms with van der Waals surface area (Å²) in [5.74, 6) is -0.323. The molecular weight excluding hydrogens is 437 g/mol. The van der Waals surface area contributed by atoms with Gasteiger partial charge >= 0.3 is 6.03 Å². The molecule has 1 aromatic carbocycles. The van der Waals surface area contributed by atoms with E-state index in [1.165, 1.54) is 5.01 Å². The highest BCUT2D eigenvalue weighted by molar-refractivity contribution is 5.91. The van der Waals surface area contributed by atoms with Crippen molar-refractivity contribution in [3.05, 3.63) is 35.9 Å². The largest absolute Gasteiger partial charge is 0.334 e. The molecule has 2 saturated heterocycles. The molecule has 0 spiro atoms. The Morgan fingerprint density at radius 1 is 1.12 bits per heavy atom. The fourth-order valence-corrected chi connectivity index (χ4v) is 5.51. The first-order chi connectivity index (χ1) is 16.5. The molecule has 0 radical (unpaired) electrons. The molecule has 9 heteroatoms. The first-order valence-electron chi connectivity index (χ1n) is 12.6. The van der Waals surface area contributed by atoms with Gasteiger partial charge in [0.1, 0.15) is 18.8 Å². The van der Waals surface area contributed by atoms with Crippen LogP contribution in [0.1, 0.15) is 63.9 Å². The maximum Gasteiger partial charge on any atom is 0.334 e. The van der Waals surface area contributed by atoms with Crippen LogP contribution in [0.3, 0.4) is 0 Å². The number of nitrogens with zero attached hydrogens (tertiary/aromatic N) is 4. The predicted molar refractivity (Wildman–Crippen MR) is 126 cm³/mol. The Hall–Kier alpha value is -2.68. The van der Waals surface area contributed by atoms with Crippen LogP contribution in [0.15, 0.2) is 30.3 Å². The van der Waals surface area contributed by atoms with E-state index in [2.05, 4.69) is 12.2 Å². The number of unbranched alkanes of at least 4 members (excludes halogenated alkanes) is 1. The van der Waals surface area contributed by atoms with E-state index in [0.29, 0.717) is 13.0 Å². The van der Waals surface area contributed by atoms with Crippen LogP contribution in [0.4, 0.5) is 9.18 Å². The van der Waals surface area contributed by atoms with E-state index in [4.69, 9.17) is 0 Å². The van der Waals surface area contributed by atoms with Gasteiger partial charge in [0.05, 0.1) is 6.54 Å². The second kappa shape index (κ2) is 11.2. The van der Waals surface area contributed by atoms with Gasteiger partial charge in [-0.1, -0.05) is 69.4 Å². The van der Waals surface area contributed by atoms with Gasteiger partial charge in [0.2, 0.25) is 11.8 Å². The molecule has 1 aromatic rings. The highest BCUT2D eigenvalue weighted by atomic mass is 19.1. The number of hydrazine groups is 1. The SMILES string of the molecule is CCCC[C@H]1C(=O)N(C2CCCCC2)C[C@H]2N1C(=O)CN(CF)N2C(=O)NCc1ccccc1. The Morgan fingerprint density at radius 2 is 1.85 bits per heavy atom. The number of hydrogen-bond donors (Lipinski definition) is 1. The minimum Gasteiger partial charge on any atom is -0.334 e. The van der Waals surface area contributed by atoms with Gasteiger partial charge in [0.25, 0.3) is 0 Å². The molecule has 3 aliphatic rings. The topological polar surface area (TPSA) is 76.2 Å². The number of urea groups is 1. The summed E-state index contributed by atoms with van der Waals surface area (Å²) >= 11 is 0. The normalized spacial score (nSPS) is 24.4. The average molecular weight is 474 g/mol. The second-order valence-corrected chi connectivity index (χ2v) is 9.50. The molecule has 0 unspecified atom stereocenters. The van der Waals surface area contributed by atoms with Crippen LogP contribution in [0.5, 0.6) is 0 Å². The van der Waals surface area contributed by atoms with Gasteiger partial charge in [-0.2, -0.15) is 5.01 Å². The van der Waals surface area contributed by atoms with Crippen LogP contribution in [0.25, 0.3) is 0 Å². The predicted octanol–water partition coefficient (Wildman–Crippen LogP) is 3.24. The molecule has 4 amide bonds. The molecule has 3 fully saturated rings. The zero-order valence-corrected chi connectivity index (χ0v) is 20.0. The smallest absolute Gasteiger partial charge is 0.334 e. The van der Waals surface area contributed by atoms with Gasteiger partial charge in [-0.05, 0) is 24.8 Å². The van der Waals surface area contributed by atoms with E-state index >= 15 is 0 Å². The van der Waals surface area contributed by atoms with Crippen molar-refractivity contribution >= 4 is 17.8 Å². The zero-order chi connectivity index (χ0) is 24.1. The molecule has 1 N–H and O–H groups in total. The van der Waals surface area contributed by atoms with Crippen molar-refractivity contribution in [1.82, 2.24) is 25.1 Å². The fourth-order valence-electron chi connectivity index (χ4n) is 5.51. The molecule has 1 aliphatic carbocycles. The van der Waals surface area contributed by atoms with Crippen LogP contribution in [-0.2, 0) is 16.1 Å². The average Bonchev–Trinajstić information content (AvgIpc) is 2.87. The lowest BCUT2D eigenvalue weighted by molar-refractivity contribution is -0.198. The summed E-state index contributed by atoms with van der Waals surface area (Å²) in [6.45, 7) is 1.35. The van der Waals surface area contributed by atoms with Crippen molar-refractivity contribution in [2.45, 2.75) is 83.1 Å². The number of rotatable bonds is 7. The van der Waals surface area contributed by atoms with Gasteiger partial charge in [-0.15, -0.1) is 0 Å². The van der Waals surface area contributed by atoms with E-state index in [1.807, 2.05) is 35.2 Å². The van der Waals surface area contributed by atoms with E-state index in [1.54, 1.807) is 4.90 Å². The Bertz CT molecular complexity index is 863. The lowest BCUT2D eigenvalue weighted by Gasteiger charge is -2.56. The first kappa shape index (κ1) is 24.4. The maximum absolute atomic E-state index is 14.1. The molecule has 186 valence electrons. The van der Waals surface area contributed by atoms with Gasteiger partial charge in [0.15, 0.2) is 6.80 Å². The Kier molecular flexibility index (Phi) is 8.03. The summed E-state index contributed by atoms with van der Waals surface area (Å²) in [5.41, 5.74) is 0.927. The number of nitrogens with one attached hydrogen (secondary N) is 1. The molecule has 4 rings (SSSR count). The molecule has 2 heterocycles. The van der Waals surface area contributed by atoms with E-state index in [-0.39, 0.29) is 30.9 Å². The Morgan fingerprint density at radius 3 is 2.53 bits per heavy atom. The third-order valence-electron chi connectivity index (χ3n) is 7.26. The number of piperazine rings is 1. The van der Waals surface area contributed by atoms with Gasteiger partial charge in [-0.3, -0.25) is 9.59 Å². The third-order valence-corrected chi connectivity index (χ3v) is 7.26. The van der Waals surface area contributed by atoms with Gasteiger partial charge in [-0.25, -0.2) is 14.2 Å². The number of carbonyl (C=O) groups excluding carboxylic acids is 3. The molecule has 1 saturated carbocycles. The fraction of sp³-hybridized carbons (Fsp3) is 0.640. The van der Waals surface area contributed by atoms with Crippen molar-refractivity contribution in [2.75, 3.05) is 19.9 Å². The number of alkyl halides is 1. The summed E-state index contributed by atoms with van der Waals surface area (Å²) in [6.07, 6.45) is 6.70. The lowest BCUT2D eigenvalue weighted by atomic mass is 9.91. The Balaban J connectivity index is 1.61. The van der Waals surface area contributed by atoms with Crippen LogP contribution in [0.2, 0.25) is 0 Å². The van der Waals surface area contributed by atoms with E-state index in [0.717, 1.165) is 55.5 Å². The van der Waals surface area contributed by atoms with Crippen LogP contribution < -0.4 is 5.32 Å². The number of carbonyl (C=O) groups is 3. The van der Waals surface area contributed by atoms with E-state index in [9.17, 15) is 18.8 Å². The van der Waals surface area contributed by atoms with Crippen LogP contribution in [-0.4, -0.2) is 75.8 Å². The zero-order valence-electron chi connectivity index (χ0n) is 20.0. The summed E-state index contributed by atoms with van der Waals surface area (Å²) in [5, 5.41) is 5.38. The van der Waals surface area contributed by atoms with Crippen molar-refractivity contribution in [3.63, 3.8) is 0 Å². The number of benzene rings is 1. The van der Waals surface area contributed by atoms with Crippen molar-refractivity contribution in [2.24, 2.45) is 0 Å². The molecule has 2 atom stereocenters. The van der Waals surface area contributed by atoms with E-state index < -0.39 is 25.0 Å². The number of hydrogen-bond acceptors (Lipinski definition) is 4. The summed E-state index contributed by atoms with van der Waals surface area (Å²) in [7, 11) is 0. The third kappa shape index (κ3) is 5.04. The maximum atomic E-state index is 14.1. The summed E-state index contributed by atoms with van der Waals surface area (Å²) < 4.78 is 14.1. The van der Waals surface area contributed by atoms with Gasteiger partial charge in [0, 0.05) is 12.6 Å². The molecule has 0 aromatic heterocycles. The Labute approximate surface area is 201 Å². The quantitative estimate of drug-likeness (QED) is 0.617. The molecule has 34 heavy (non-hydrogen) atoms. The monoisotopic (exact) mass is 473 g/mol. The highest BCUT2D eigenvalue weighted by Gasteiger charge is 2.52. The van der Waals surface area contributed by atoms with Crippen molar-refractivity contribution in [3.8, 4) is 0 Å². The summed E-state index contributed by atoms with van der Waals surface area (Å²) in [6, 6.07) is 8.54. The molecule has 8 nitrogen and oxygen atoms in total. The molecule has 0 bridgehead atoms. The molecular formula is C25H36FN5O3. The standard InChI is InChI=1S/C25H36FN5O3/c1-2-3-14-21-24(33)29(20-12-8-5-9-13-20)16-22-30(21)23(32)17-28(18-26)31(22)25(34)27-15-19-10-6-4-7-11-19/h4,6-7,10-11,20-22H,2-3,5,8-9,12-18H2,1H3,(H,27,34)/t21-,22-/m0/s1. The highest BCUT2D eigenvalue weighted by Crippen LogP contribution is 2.33. The second-order valence-electron chi connectivity index (χ2n) is 9.50. The minimum absolute atomic E-state index is 0.0247. The van der Waals surface area contributed by atoms with Crippen molar-refractivity contribution in [1.29, 1.82) is 0 Å². The number of halogens is 1. The number of amides is 4. The molecule has 2 aliphatic heterocycles. The lowest BCUT2D eigenvalue weighted by Crippen LogP contribution is -2.77. The number of fused-ring (bicyclic) bond motifs is 1. The van der Waals surface area contributed by atoms with Crippen molar-refractivity contribution < 1.29 is 18.8 Å². The summed E-state index contributed by atoms with van der Waals surface area (Å²) in [4.78, 5) is 43.5. The van der Waals surface area contributed by atoms with Crippen LogP contribution >= 0.6 is 0 Å².